The Labute approximate surface area is 112 Å². The topological polar surface area (TPSA) is 63.2 Å². The van der Waals surface area contributed by atoms with Crippen LogP contribution in [0.15, 0.2) is 35.2 Å². The van der Waals surface area contributed by atoms with Gasteiger partial charge in [-0.15, -0.1) is 11.8 Å². The van der Waals surface area contributed by atoms with Crippen molar-refractivity contribution in [2.75, 3.05) is 6.26 Å². The summed E-state index contributed by atoms with van der Waals surface area (Å²) in [6.45, 7) is 3.78. The van der Waals surface area contributed by atoms with Gasteiger partial charge >= 0.3 is 0 Å². The van der Waals surface area contributed by atoms with Gasteiger partial charge in [-0.05, 0) is 18.1 Å². The number of hydrogen-bond donors (Lipinski definition) is 1. The summed E-state index contributed by atoms with van der Waals surface area (Å²) in [6.07, 6.45) is 0.982. The maximum absolute atomic E-state index is 11.9. The number of nitrogens with one attached hydrogen (secondary N) is 1. The first-order valence-corrected chi connectivity index (χ1v) is 8.30. The van der Waals surface area contributed by atoms with Gasteiger partial charge in [-0.1, -0.05) is 32.0 Å². The lowest BCUT2D eigenvalue weighted by atomic mass is 10.1. The molecule has 18 heavy (non-hydrogen) atoms. The van der Waals surface area contributed by atoms with Gasteiger partial charge in [0.2, 0.25) is 15.9 Å². The van der Waals surface area contributed by atoms with Gasteiger partial charge in [-0.3, -0.25) is 9.52 Å². The largest absolute Gasteiger partial charge is 0.273 e. The molecule has 0 radical (unpaired) electrons. The third kappa shape index (κ3) is 5.10. The number of sulfonamides is 1. The van der Waals surface area contributed by atoms with Crippen molar-refractivity contribution in [1.82, 2.24) is 4.72 Å². The molecule has 0 spiro atoms. The summed E-state index contributed by atoms with van der Waals surface area (Å²) in [7, 11) is -3.51. The first-order valence-electron chi connectivity index (χ1n) is 5.53. The summed E-state index contributed by atoms with van der Waals surface area (Å²) in [6, 6.07) is 9.45. The van der Waals surface area contributed by atoms with Crippen molar-refractivity contribution in [2.45, 2.75) is 24.0 Å². The zero-order valence-electron chi connectivity index (χ0n) is 10.6. The Hall–Kier alpha value is -1.01. The molecule has 100 valence electrons. The molecule has 1 aromatic carbocycles. The predicted molar refractivity (Wildman–Crippen MR) is 73.9 cm³/mol. The Morgan fingerprint density at radius 3 is 2.22 bits per heavy atom. The minimum Gasteiger partial charge on any atom is -0.273 e. The van der Waals surface area contributed by atoms with Crippen LogP contribution in [-0.4, -0.2) is 25.8 Å². The van der Waals surface area contributed by atoms with Crippen LogP contribution in [0.5, 0.6) is 0 Å². The van der Waals surface area contributed by atoms with Crippen LogP contribution in [0.3, 0.4) is 0 Å². The average molecular weight is 287 g/mol. The minimum atomic E-state index is -3.51. The molecule has 0 bridgehead atoms. The summed E-state index contributed by atoms with van der Waals surface area (Å²) >= 11 is 1.37. The van der Waals surface area contributed by atoms with E-state index in [-0.39, 0.29) is 5.92 Å². The Bertz CT molecular complexity index is 497. The Balaban J connectivity index is 2.81. The highest BCUT2D eigenvalue weighted by Gasteiger charge is 2.25. The fourth-order valence-electron chi connectivity index (χ4n) is 1.38. The first kappa shape index (κ1) is 15.0. The monoisotopic (exact) mass is 287 g/mol. The van der Waals surface area contributed by atoms with Crippen molar-refractivity contribution in [3.63, 3.8) is 0 Å². The van der Waals surface area contributed by atoms with E-state index in [1.807, 2.05) is 48.9 Å². The molecule has 0 saturated heterocycles. The van der Waals surface area contributed by atoms with E-state index in [1.165, 1.54) is 11.8 Å². The normalized spacial score (nSPS) is 13.3. The van der Waals surface area contributed by atoms with E-state index in [0.717, 1.165) is 11.2 Å². The zero-order valence-corrected chi connectivity index (χ0v) is 12.2. The zero-order chi connectivity index (χ0) is 13.8. The number of carbonyl (C=O) groups excluding carboxylic acids is 1. The summed E-state index contributed by atoms with van der Waals surface area (Å²) < 4.78 is 24.2. The van der Waals surface area contributed by atoms with Crippen molar-refractivity contribution < 1.29 is 13.2 Å². The highest BCUT2D eigenvalue weighted by molar-refractivity contribution is 8.00. The molecule has 0 saturated carbocycles. The van der Waals surface area contributed by atoms with Crippen LogP contribution >= 0.6 is 11.8 Å². The van der Waals surface area contributed by atoms with Crippen molar-refractivity contribution in [1.29, 1.82) is 0 Å². The second kappa shape index (κ2) is 6.24. The standard InChI is InChI=1S/C12H17NO3S2/c1-9(2)11(12(14)13-18(3,15)16)17-10-7-5-4-6-8-10/h4-9,11H,1-3H3,(H,13,14). The number of benzene rings is 1. The molecular formula is C12H17NO3S2. The minimum absolute atomic E-state index is 0.0388. The van der Waals surface area contributed by atoms with Gasteiger partial charge in [-0.2, -0.15) is 0 Å². The van der Waals surface area contributed by atoms with E-state index in [4.69, 9.17) is 0 Å². The van der Waals surface area contributed by atoms with Gasteiger partial charge < -0.3 is 0 Å². The van der Waals surface area contributed by atoms with Gasteiger partial charge in [-0.25, -0.2) is 8.42 Å². The molecule has 0 heterocycles. The quantitative estimate of drug-likeness (QED) is 0.840. The molecule has 1 amide bonds. The predicted octanol–water partition coefficient (Wildman–Crippen LogP) is 1.88. The van der Waals surface area contributed by atoms with E-state index < -0.39 is 21.2 Å². The van der Waals surface area contributed by atoms with Crippen LogP contribution in [0.1, 0.15) is 13.8 Å². The molecule has 1 N–H and O–H groups in total. The van der Waals surface area contributed by atoms with Crippen LogP contribution in [-0.2, 0) is 14.8 Å². The molecule has 0 aliphatic rings. The van der Waals surface area contributed by atoms with Crippen LogP contribution in [0.25, 0.3) is 0 Å². The fraction of sp³-hybridized carbons (Fsp3) is 0.417. The molecule has 4 nitrogen and oxygen atoms in total. The summed E-state index contributed by atoms with van der Waals surface area (Å²) in [5.41, 5.74) is 0. The Morgan fingerprint density at radius 2 is 1.78 bits per heavy atom. The third-order valence-electron chi connectivity index (χ3n) is 2.16. The SMILES string of the molecule is CC(C)C(Sc1ccccc1)C(=O)NS(C)(=O)=O. The Kier molecular flexibility index (Phi) is 5.22. The van der Waals surface area contributed by atoms with Crippen LogP contribution in [0.2, 0.25) is 0 Å². The van der Waals surface area contributed by atoms with Crippen LogP contribution in [0, 0.1) is 5.92 Å². The van der Waals surface area contributed by atoms with Gasteiger partial charge in [0, 0.05) is 4.90 Å². The van der Waals surface area contributed by atoms with Gasteiger partial charge in [0.1, 0.15) is 0 Å². The molecule has 1 unspecified atom stereocenters. The molecule has 1 rings (SSSR count). The molecule has 6 heteroatoms. The highest BCUT2D eigenvalue weighted by atomic mass is 32.2. The molecule has 1 atom stereocenters. The second-order valence-corrected chi connectivity index (χ2v) is 7.30. The average Bonchev–Trinajstić information content (AvgIpc) is 2.24. The number of hydrogen-bond acceptors (Lipinski definition) is 4. The molecule has 1 aromatic rings. The van der Waals surface area contributed by atoms with E-state index in [9.17, 15) is 13.2 Å². The number of rotatable bonds is 5. The van der Waals surface area contributed by atoms with Crippen LogP contribution in [0.4, 0.5) is 0 Å². The van der Waals surface area contributed by atoms with Gasteiger partial charge in [0.05, 0.1) is 11.5 Å². The molecule has 0 aliphatic carbocycles. The van der Waals surface area contributed by atoms with Crippen molar-refractivity contribution >= 4 is 27.7 Å². The van der Waals surface area contributed by atoms with Crippen molar-refractivity contribution in [3.05, 3.63) is 30.3 Å². The van der Waals surface area contributed by atoms with Crippen molar-refractivity contribution in [3.8, 4) is 0 Å². The number of thioether (sulfide) groups is 1. The van der Waals surface area contributed by atoms with Gasteiger partial charge in [0.15, 0.2) is 0 Å². The van der Waals surface area contributed by atoms with Crippen LogP contribution < -0.4 is 4.72 Å². The molecule has 0 aliphatic heterocycles. The summed E-state index contributed by atoms with van der Waals surface area (Å²) in [4.78, 5) is 12.8. The van der Waals surface area contributed by atoms with Crippen molar-refractivity contribution in [2.24, 2.45) is 5.92 Å². The lowest BCUT2D eigenvalue weighted by molar-refractivity contribution is -0.119. The van der Waals surface area contributed by atoms with E-state index in [2.05, 4.69) is 0 Å². The molecule has 0 aromatic heterocycles. The summed E-state index contributed by atoms with van der Waals surface area (Å²) in [5, 5.41) is -0.429. The maximum Gasteiger partial charge on any atom is 0.247 e. The lowest BCUT2D eigenvalue weighted by Gasteiger charge is -2.19. The first-order chi connectivity index (χ1) is 8.29. The summed E-state index contributed by atoms with van der Waals surface area (Å²) in [5.74, 6) is -0.432. The molecular weight excluding hydrogens is 270 g/mol. The Morgan fingerprint density at radius 1 is 1.22 bits per heavy atom. The third-order valence-corrected chi connectivity index (χ3v) is 4.28. The smallest absolute Gasteiger partial charge is 0.247 e. The second-order valence-electron chi connectivity index (χ2n) is 4.33. The molecule has 0 fully saturated rings. The van der Waals surface area contributed by atoms with E-state index >= 15 is 0 Å². The fourth-order valence-corrected chi connectivity index (χ4v) is 2.99. The number of amides is 1. The highest BCUT2D eigenvalue weighted by Crippen LogP contribution is 2.28. The van der Waals surface area contributed by atoms with E-state index in [1.54, 1.807) is 0 Å². The number of carbonyl (C=O) groups is 1. The van der Waals surface area contributed by atoms with E-state index in [0.29, 0.717) is 0 Å². The lowest BCUT2D eigenvalue weighted by Crippen LogP contribution is -2.38. The maximum atomic E-state index is 11.9. The van der Waals surface area contributed by atoms with Gasteiger partial charge in [0.25, 0.3) is 0 Å².